The fraction of sp³-hybridized carbons (Fsp3) is 0.243. The second-order valence-electron chi connectivity index (χ2n) is 11.5. The normalized spacial score (nSPS) is 19.6. The van der Waals surface area contributed by atoms with E-state index in [0.29, 0.717) is 0 Å². The van der Waals surface area contributed by atoms with Crippen molar-refractivity contribution in [2.45, 2.75) is 44.1 Å². The van der Waals surface area contributed by atoms with Crippen molar-refractivity contribution in [2.24, 2.45) is 5.92 Å². The minimum atomic E-state index is -0.375. The van der Waals surface area contributed by atoms with Crippen molar-refractivity contribution < 1.29 is 14.3 Å². The molecular formula is C37H32O3. The first-order chi connectivity index (χ1) is 19.6. The molecule has 0 fully saturated rings. The summed E-state index contributed by atoms with van der Waals surface area (Å²) < 4.78 is 5.95. The van der Waals surface area contributed by atoms with Gasteiger partial charge < -0.3 is 4.74 Å². The highest BCUT2D eigenvalue weighted by molar-refractivity contribution is 6.13. The first-order valence-corrected chi connectivity index (χ1v) is 14.2. The van der Waals surface area contributed by atoms with Crippen LogP contribution in [0.4, 0.5) is 0 Å². The lowest BCUT2D eigenvalue weighted by Gasteiger charge is -2.33. The van der Waals surface area contributed by atoms with Crippen LogP contribution in [0.3, 0.4) is 0 Å². The summed E-state index contributed by atoms with van der Waals surface area (Å²) in [6.07, 6.45) is 5.19. The molecule has 0 saturated heterocycles. The Morgan fingerprint density at radius 2 is 1.10 bits per heavy atom. The van der Waals surface area contributed by atoms with Gasteiger partial charge in [0.05, 0.1) is 11.5 Å². The molecular weight excluding hydrogens is 492 g/mol. The summed E-state index contributed by atoms with van der Waals surface area (Å²) in [7, 11) is 1.75. The number of carbonyl (C=O) groups excluding carboxylic acids is 2. The molecule has 4 aromatic carbocycles. The minimum absolute atomic E-state index is 0.0627. The maximum absolute atomic E-state index is 12.8. The molecule has 0 bridgehead atoms. The highest BCUT2D eigenvalue weighted by Crippen LogP contribution is 2.44. The fourth-order valence-corrected chi connectivity index (χ4v) is 7.26. The summed E-state index contributed by atoms with van der Waals surface area (Å²) in [5.74, 6) is 0.436. The average molecular weight is 525 g/mol. The molecule has 0 radical (unpaired) electrons. The van der Waals surface area contributed by atoms with Crippen molar-refractivity contribution in [2.75, 3.05) is 7.11 Å². The first-order valence-electron chi connectivity index (χ1n) is 14.2. The van der Waals surface area contributed by atoms with E-state index in [4.69, 9.17) is 4.74 Å². The summed E-state index contributed by atoms with van der Waals surface area (Å²) in [5.41, 5.74) is 11.5. The Morgan fingerprint density at radius 1 is 0.600 bits per heavy atom. The second kappa shape index (κ2) is 9.83. The van der Waals surface area contributed by atoms with Crippen molar-refractivity contribution in [1.29, 1.82) is 0 Å². The molecule has 40 heavy (non-hydrogen) atoms. The Balaban J connectivity index is 0.000000133. The van der Waals surface area contributed by atoms with Crippen LogP contribution in [0, 0.1) is 5.92 Å². The third kappa shape index (κ3) is 4.08. The summed E-state index contributed by atoms with van der Waals surface area (Å²) >= 11 is 0. The predicted octanol–water partition coefficient (Wildman–Crippen LogP) is 6.75. The van der Waals surface area contributed by atoms with Crippen LogP contribution < -0.4 is 0 Å². The van der Waals surface area contributed by atoms with Gasteiger partial charge in [0.25, 0.3) is 0 Å². The summed E-state index contributed by atoms with van der Waals surface area (Å²) in [6.45, 7) is 0. The van der Waals surface area contributed by atoms with Gasteiger partial charge in [0.15, 0.2) is 11.6 Å². The number of ether oxygens (including phenoxy) is 1. The van der Waals surface area contributed by atoms with E-state index in [1.54, 1.807) is 7.11 Å². The number of ketones is 2. The maximum Gasteiger partial charge on any atom is 0.189 e. The van der Waals surface area contributed by atoms with Gasteiger partial charge >= 0.3 is 0 Å². The van der Waals surface area contributed by atoms with E-state index in [2.05, 4.69) is 60.7 Å². The van der Waals surface area contributed by atoms with Crippen molar-refractivity contribution in [3.8, 4) is 0 Å². The summed E-state index contributed by atoms with van der Waals surface area (Å²) in [4.78, 5) is 25.3. The largest absolute Gasteiger partial charge is 0.377 e. The van der Waals surface area contributed by atoms with Crippen LogP contribution in [0.1, 0.15) is 54.1 Å². The number of Topliss-reactive ketones (excluding diaryl/α,β-unsaturated/α-hetero) is 2. The van der Waals surface area contributed by atoms with Gasteiger partial charge in [-0.05, 0) is 52.6 Å². The second-order valence-corrected chi connectivity index (χ2v) is 11.5. The van der Waals surface area contributed by atoms with E-state index < -0.39 is 0 Å². The molecule has 4 aliphatic rings. The average Bonchev–Trinajstić information content (AvgIpc) is 3.76. The van der Waals surface area contributed by atoms with Crippen LogP contribution in [0.5, 0.6) is 0 Å². The van der Waals surface area contributed by atoms with Crippen LogP contribution in [0.15, 0.2) is 108 Å². The Kier molecular flexibility index (Phi) is 6.13. The fourth-order valence-electron chi connectivity index (χ4n) is 7.26. The zero-order valence-corrected chi connectivity index (χ0v) is 22.8. The highest BCUT2D eigenvalue weighted by atomic mass is 16.5. The zero-order chi connectivity index (χ0) is 27.3. The van der Waals surface area contributed by atoms with Crippen LogP contribution in [-0.4, -0.2) is 24.3 Å². The number of methoxy groups -OCH3 is 1. The molecule has 8 rings (SSSR count). The smallest absolute Gasteiger partial charge is 0.189 e. The van der Waals surface area contributed by atoms with E-state index in [1.807, 2.05) is 36.4 Å². The molecule has 0 N–H and O–H groups in total. The van der Waals surface area contributed by atoms with Gasteiger partial charge in [0.2, 0.25) is 0 Å². The topological polar surface area (TPSA) is 43.4 Å². The number of allylic oxidation sites excluding steroid dienone is 2. The Labute approximate surface area is 235 Å². The molecule has 0 aromatic heterocycles. The molecule has 0 saturated carbocycles. The molecule has 1 atom stereocenters. The molecule has 1 unspecified atom stereocenters. The Hall–Kier alpha value is -4.08. The van der Waals surface area contributed by atoms with Gasteiger partial charge in [-0.2, -0.15) is 0 Å². The third-order valence-electron chi connectivity index (χ3n) is 9.42. The molecule has 3 nitrogen and oxygen atoms in total. The van der Waals surface area contributed by atoms with Crippen molar-refractivity contribution in [3.63, 3.8) is 0 Å². The molecule has 0 aliphatic heterocycles. The van der Waals surface area contributed by atoms with Crippen LogP contribution in [0.25, 0.3) is 0 Å². The molecule has 0 amide bonds. The van der Waals surface area contributed by atoms with E-state index in [-0.39, 0.29) is 23.1 Å². The van der Waals surface area contributed by atoms with Gasteiger partial charge in [-0.3, -0.25) is 9.59 Å². The number of hydrogen-bond acceptors (Lipinski definition) is 3. The quantitative estimate of drug-likeness (QED) is 0.273. The van der Waals surface area contributed by atoms with Crippen molar-refractivity contribution in [3.05, 3.63) is 153 Å². The van der Waals surface area contributed by atoms with Crippen LogP contribution in [-0.2, 0) is 43.3 Å². The van der Waals surface area contributed by atoms with E-state index in [1.165, 1.54) is 39.0 Å². The molecule has 4 aliphatic carbocycles. The molecule has 0 heterocycles. The minimum Gasteiger partial charge on any atom is -0.377 e. The molecule has 4 aromatic rings. The van der Waals surface area contributed by atoms with Gasteiger partial charge in [-0.25, -0.2) is 0 Å². The van der Waals surface area contributed by atoms with E-state index in [0.717, 1.165) is 55.2 Å². The molecule has 0 spiro atoms. The van der Waals surface area contributed by atoms with E-state index in [9.17, 15) is 9.59 Å². The van der Waals surface area contributed by atoms with Gasteiger partial charge in [-0.1, -0.05) is 103 Å². The number of rotatable bonds is 2. The lowest BCUT2D eigenvalue weighted by molar-refractivity contribution is -0.0384. The van der Waals surface area contributed by atoms with Gasteiger partial charge in [0.1, 0.15) is 0 Å². The number of carbonyl (C=O) groups is 2. The SMILES string of the molecule is COC1(C2Cc3ccccc3C2=O)Cc2ccccc2C1.O=C1C(=C2Cc3ccccc3C2)Cc2ccccc21. The molecule has 3 heteroatoms. The Morgan fingerprint density at radius 3 is 1.65 bits per heavy atom. The van der Waals surface area contributed by atoms with Crippen LogP contribution in [0.2, 0.25) is 0 Å². The first kappa shape index (κ1) is 24.9. The predicted molar refractivity (Wildman–Crippen MR) is 157 cm³/mol. The monoisotopic (exact) mass is 524 g/mol. The third-order valence-corrected chi connectivity index (χ3v) is 9.42. The summed E-state index contributed by atoms with van der Waals surface area (Å²) in [6, 6.07) is 32.9. The molecule has 198 valence electrons. The van der Waals surface area contributed by atoms with Gasteiger partial charge in [-0.15, -0.1) is 0 Å². The lowest BCUT2D eigenvalue weighted by Crippen LogP contribution is -2.44. The number of benzene rings is 4. The summed E-state index contributed by atoms with van der Waals surface area (Å²) in [5, 5.41) is 0. The zero-order valence-electron chi connectivity index (χ0n) is 22.8. The van der Waals surface area contributed by atoms with Crippen LogP contribution >= 0.6 is 0 Å². The number of fused-ring (bicyclic) bond motifs is 4. The van der Waals surface area contributed by atoms with Gasteiger partial charge in [0, 0.05) is 43.1 Å². The maximum atomic E-state index is 12.8. The van der Waals surface area contributed by atoms with E-state index >= 15 is 0 Å². The van der Waals surface area contributed by atoms with Crippen molar-refractivity contribution >= 4 is 11.6 Å². The highest BCUT2D eigenvalue weighted by Gasteiger charge is 2.50. The standard InChI is InChI=1S/C19H18O2.C18H14O/c1-21-19(11-14-7-2-3-8-15(14)12-19)17-10-13-6-4-5-9-16(13)18(17)20;19-18-16-8-4-3-7-14(16)11-17(18)15-9-12-5-1-2-6-13(12)10-15/h2-9,17H,10-12H2,1H3;1-8H,9-11H2. The lowest BCUT2D eigenvalue weighted by atomic mass is 9.81. The Bertz CT molecular complexity index is 1640. The van der Waals surface area contributed by atoms with Crippen molar-refractivity contribution in [1.82, 2.24) is 0 Å². The number of hydrogen-bond donors (Lipinski definition) is 0.